The van der Waals surface area contributed by atoms with Gasteiger partial charge in [-0.15, -0.1) is 0 Å². The number of carbonyl (C=O) groups is 2. The average molecular weight is 447 g/mol. The quantitative estimate of drug-likeness (QED) is 0.205. The molecule has 0 aliphatic rings. The van der Waals surface area contributed by atoms with Gasteiger partial charge in [-0.05, 0) is 54.8 Å². The molecular formula is C25H31ClO5. The summed E-state index contributed by atoms with van der Waals surface area (Å²) in [5.74, 6) is 0.194. The largest absolute Gasteiger partial charge is 0.494 e. The molecule has 2 aromatic carbocycles. The van der Waals surface area contributed by atoms with E-state index in [9.17, 15) is 9.59 Å². The van der Waals surface area contributed by atoms with Crippen molar-refractivity contribution in [2.24, 2.45) is 5.92 Å². The summed E-state index contributed by atoms with van der Waals surface area (Å²) < 4.78 is 16.3. The van der Waals surface area contributed by atoms with E-state index in [0.29, 0.717) is 30.1 Å². The predicted octanol–water partition coefficient (Wildman–Crippen LogP) is 6.72. The van der Waals surface area contributed by atoms with Crippen LogP contribution >= 0.6 is 11.6 Å². The highest BCUT2D eigenvalue weighted by Crippen LogP contribution is 2.27. The summed E-state index contributed by atoms with van der Waals surface area (Å²) in [6, 6.07) is 11.3. The van der Waals surface area contributed by atoms with Gasteiger partial charge in [-0.3, -0.25) is 0 Å². The number of ether oxygens (including phenoxy) is 3. The summed E-state index contributed by atoms with van der Waals surface area (Å²) in [6.07, 6.45) is 5.48. The van der Waals surface area contributed by atoms with Crippen molar-refractivity contribution < 1.29 is 23.8 Å². The summed E-state index contributed by atoms with van der Waals surface area (Å²) in [6.45, 7) is 7.22. The summed E-state index contributed by atoms with van der Waals surface area (Å²) in [5, 5.41) is 0.165. The molecule has 0 bridgehead atoms. The highest BCUT2D eigenvalue weighted by Gasteiger charge is 2.15. The van der Waals surface area contributed by atoms with Gasteiger partial charge < -0.3 is 14.2 Å². The van der Waals surface area contributed by atoms with Crippen LogP contribution in [-0.2, 0) is 4.74 Å². The summed E-state index contributed by atoms with van der Waals surface area (Å²) >= 11 is 6.21. The first-order chi connectivity index (χ1) is 14.9. The average Bonchev–Trinajstić information content (AvgIpc) is 2.78. The number of rotatable bonds is 12. The molecule has 0 fully saturated rings. The van der Waals surface area contributed by atoms with Gasteiger partial charge in [0.2, 0.25) is 0 Å². The molecule has 31 heavy (non-hydrogen) atoms. The molecule has 0 radical (unpaired) electrons. The smallest absolute Gasteiger partial charge is 0.343 e. The lowest BCUT2D eigenvalue weighted by Crippen LogP contribution is -2.12. The first kappa shape index (κ1) is 24.7. The van der Waals surface area contributed by atoms with E-state index in [-0.39, 0.29) is 16.7 Å². The van der Waals surface area contributed by atoms with E-state index in [4.69, 9.17) is 25.8 Å². The fourth-order valence-corrected chi connectivity index (χ4v) is 2.91. The van der Waals surface area contributed by atoms with Crippen LogP contribution in [0.2, 0.25) is 5.02 Å². The van der Waals surface area contributed by atoms with Crippen LogP contribution in [0, 0.1) is 5.92 Å². The van der Waals surface area contributed by atoms with E-state index < -0.39 is 11.9 Å². The minimum absolute atomic E-state index is 0.165. The summed E-state index contributed by atoms with van der Waals surface area (Å²) in [4.78, 5) is 24.6. The van der Waals surface area contributed by atoms with Gasteiger partial charge in [0.15, 0.2) is 0 Å². The van der Waals surface area contributed by atoms with Gasteiger partial charge in [0.25, 0.3) is 0 Å². The van der Waals surface area contributed by atoms with Gasteiger partial charge >= 0.3 is 11.9 Å². The molecule has 2 rings (SSSR count). The predicted molar refractivity (Wildman–Crippen MR) is 122 cm³/mol. The maximum atomic E-state index is 12.4. The summed E-state index contributed by atoms with van der Waals surface area (Å²) in [5.41, 5.74) is 0.694. The Labute approximate surface area is 189 Å². The van der Waals surface area contributed by atoms with Crippen LogP contribution in [0.1, 0.15) is 73.6 Å². The topological polar surface area (TPSA) is 61.8 Å². The fraction of sp³-hybridized carbons (Fsp3) is 0.440. The van der Waals surface area contributed by atoms with Crippen molar-refractivity contribution in [3.05, 3.63) is 58.6 Å². The number of unbranched alkanes of at least 4 members (excludes halogenated alkanes) is 3. The Hall–Kier alpha value is -2.53. The molecule has 0 spiro atoms. The molecule has 0 amide bonds. The van der Waals surface area contributed by atoms with Crippen molar-refractivity contribution in [2.75, 3.05) is 13.2 Å². The fourth-order valence-electron chi connectivity index (χ4n) is 2.69. The SMILES string of the molecule is CCCCCCOc1ccc(C(=O)Oc2ccc(C(=O)OC[C@@H](C)CC)cc2Cl)cc1. The number of esters is 2. The standard InChI is InChI=1S/C25H31ClO5/c1-4-6-7-8-15-29-21-12-9-19(10-13-21)25(28)31-23-14-11-20(16-22(23)26)24(27)30-17-18(3)5-2/h9-14,16,18H,4-8,15,17H2,1-3H3/t18-/m0/s1. The molecule has 0 aliphatic heterocycles. The van der Waals surface area contributed by atoms with E-state index in [1.54, 1.807) is 24.3 Å². The lowest BCUT2D eigenvalue weighted by atomic mass is 10.1. The van der Waals surface area contributed by atoms with Crippen LogP contribution in [0.3, 0.4) is 0 Å². The van der Waals surface area contributed by atoms with Gasteiger partial charge in [-0.25, -0.2) is 9.59 Å². The van der Waals surface area contributed by atoms with Gasteiger partial charge in [0.1, 0.15) is 11.5 Å². The number of hydrogen-bond acceptors (Lipinski definition) is 5. The van der Waals surface area contributed by atoms with Gasteiger partial charge in [0, 0.05) is 0 Å². The molecule has 0 aliphatic carbocycles. The Bertz CT molecular complexity index is 847. The molecule has 0 heterocycles. The van der Waals surface area contributed by atoms with Gasteiger partial charge in [-0.2, -0.15) is 0 Å². The third-order valence-corrected chi connectivity index (χ3v) is 5.22. The minimum Gasteiger partial charge on any atom is -0.494 e. The van der Waals surface area contributed by atoms with E-state index in [2.05, 4.69) is 6.92 Å². The van der Waals surface area contributed by atoms with E-state index in [0.717, 1.165) is 19.3 Å². The molecule has 0 saturated carbocycles. The molecule has 0 aromatic heterocycles. The molecule has 2 aromatic rings. The van der Waals surface area contributed by atoms with E-state index >= 15 is 0 Å². The second kappa shape index (κ2) is 13.0. The molecule has 5 nitrogen and oxygen atoms in total. The van der Waals surface area contributed by atoms with Crippen molar-refractivity contribution in [3.8, 4) is 11.5 Å². The number of halogens is 1. The van der Waals surface area contributed by atoms with Crippen molar-refractivity contribution in [1.29, 1.82) is 0 Å². The van der Waals surface area contributed by atoms with E-state index in [1.807, 2.05) is 13.8 Å². The Morgan fingerprint density at radius 1 is 0.935 bits per heavy atom. The lowest BCUT2D eigenvalue weighted by Gasteiger charge is -2.11. The summed E-state index contributed by atoms with van der Waals surface area (Å²) in [7, 11) is 0. The number of benzene rings is 2. The number of carbonyl (C=O) groups excluding carboxylic acids is 2. The van der Waals surface area contributed by atoms with Crippen molar-refractivity contribution in [1.82, 2.24) is 0 Å². The van der Waals surface area contributed by atoms with Crippen LogP contribution in [0.15, 0.2) is 42.5 Å². The van der Waals surface area contributed by atoms with Crippen molar-refractivity contribution in [3.63, 3.8) is 0 Å². The van der Waals surface area contributed by atoms with Crippen LogP contribution in [-0.4, -0.2) is 25.2 Å². The second-order valence-corrected chi connectivity index (χ2v) is 7.99. The van der Waals surface area contributed by atoms with E-state index in [1.165, 1.54) is 31.0 Å². The molecular weight excluding hydrogens is 416 g/mol. The van der Waals surface area contributed by atoms with Crippen LogP contribution in [0.4, 0.5) is 0 Å². The molecule has 0 saturated heterocycles. The molecule has 0 N–H and O–H groups in total. The van der Waals surface area contributed by atoms with Gasteiger partial charge in [-0.1, -0.05) is 58.1 Å². The highest BCUT2D eigenvalue weighted by molar-refractivity contribution is 6.32. The zero-order valence-corrected chi connectivity index (χ0v) is 19.2. The monoisotopic (exact) mass is 446 g/mol. The Balaban J connectivity index is 1.90. The second-order valence-electron chi connectivity index (χ2n) is 7.58. The number of hydrogen-bond donors (Lipinski definition) is 0. The lowest BCUT2D eigenvalue weighted by molar-refractivity contribution is 0.0447. The van der Waals surface area contributed by atoms with Crippen molar-refractivity contribution >= 4 is 23.5 Å². The third-order valence-electron chi connectivity index (χ3n) is 4.92. The van der Waals surface area contributed by atoms with Crippen LogP contribution in [0.25, 0.3) is 0 Å². The van der Waals surface area contributed by atoms with Crippen LogP contribution < -0.4 is 9.47 Å². The maximum absolute atomic E-state index is 12.4. The van der Waals surface area contributed by atoms with Gasteiger partial charge in [0.05, 0.1) is 29.4 Å². The zero-order chi connectivity index (χ0) is 22.6. The minimum atomic E-state index is -0.538. The molecule has 0 unspecified atom stereocenters. The van der Waals surface area contributed by atoms with Crippen LogP contribution in [0.5, 0.6) is 11.5 Å². The normalized spacial score (nSPS) is 11.6. The Kier molecular flexibility index (Phi) is 10.4. The zero-order valence-electron chi connectivity index (χ0n) is 18.5. The van der Waals surface area contributed by atoms with Crippen molar-refractivity contribution in [2.45, 2.75) is 52.9 Å². The Morgan fingerprint density at radius 2 is 1.65 bits per heavy atom. The molecule has 168 valence electrons. The Morgan fingerprint density at radius 3 is 2.29 bits per heavy atom. The molecule has 1 atom stereocenters. The first-order valence-electron chi connectivity index (χ1n) is 10.9. The maximum Gasteiger partial charge on any atom is 0.343 e. The third kappa shape index (κ3) is 8.25. The molecule has 6 heteroatoms. The first-order valence-corrected chi connectivity index (χ1v) is 11.2. The highest BCUT2D eigenvalue weighted by atomic mass is 35.5.